The lowest BCUT2D eigenvalue weighted by Crippen LogP contribution is -2.09. The number of rotatable bonds is 2. The molecule has 2 aromatic rings. The van der Waals surface area contributed by atoms with Crippen LogP contribution in [-0.4, -0.2) is 5.91 Å². The van der Waals surface area contributed by atoms with E-state index in [0.29, 0.717) is 10.6 Å². The van der Waals surface area contributed by atoms with Gasteiger partial charge in [-0.1, -0.05) is 6.42 Å². The molecule has 0 saturated carbocycles. The first-order chi connectivity index (χ1) is 9.78. The normalized spacial score (nSPS) is 14.2. The Hall–Kier alpha value is -1.64. The fourth-order valence-electron chi connectivity index (χ4n) is 2.44. The topological polar surface area (TPSA) is 52.9 Å². The van der Waals surface area contributed by atoms with Crippen molar-refractivity contribution in [1.29, 1.82) is 5.26 Å². The number of hydrogen-bond acceptors (Lipinski definition) is 4. The quantitative estimate of drug-likeness (QED) is 0.845. The molecule has 0 fully saturated rings. The van der Waals surface area contributed by atoms with Gasteiger partial charge in [0.05, 0.1) is 10.4 Å². The van der Waals surface area contributed by atoms with E-state index in [4.69, 9.17) is 5.26 Å². The molecule has 0 saturated heterocycles. The first-order valence-electron chi connectivity index (χ1n) is 6.68. The van der Waals surface area contributed by atoms with Crippen LogP contribution in [0.1, 0.15) is 44.9 Å². The number of hydrogen-bond donors (Lipinski definition) is 1. The van der Waals surface area contributed by atoms with Gasteiger partial charge < -0.3 is 5.32 Å². The van der Waals surface area contributed by atoms with Crippen LogP contribution in [0.2, 0.25) is 0 Å². The van der Waals surface area contributed by atoms with Crippen LogP contribution in [0.5, 0.6) is 0 Å². The Balaban J connectivity index is 1.80. The third-order valence-electron chi connectivity index (χ3n) is 3.48. The van der Waals surface area contributed by atoms with E-state index in [1.807, 2.05) is 11.4 Å². The van der Waals surface area contributed by atoms with Crippen molar-refractivity contribution in [3.63, 3.8) is 0 Å². The summed E-state index contributed by atoms with van der Waals surface area (Å²) < 4.78 is 0. The van der Waals surface area contributed by atoms with Crippen molar-refractivity contribution in [3.05, 3.63) is 38.4 Å². The van der Waals surface area contributed by atoms with Gasteiger partial charge in [-0.05, 0) is 48.8 Å². The van der Waals surface area contributed by atoms with Crippen LogP contribution in [0.15, 0.2) is 17.5 Å². The molecule has 2 heterocycles. The van der Waals surface area contributed by atoms with Gasteiger partial charge in [0.1, 0.15) is 11.1 Å². The molecule has 20 heavy (non-hydrogen) atoms. The van der Waals surface area contributed by atoms with E-state index >= 15 is 0 Å². The maximum absolute atomic E-state index is 12.3. The summed E-state index contributed by atoms with van der Waals surface area (Å²) in [6.07, 6.45) is 5.90. The summed E-state index contributed by atoms with van der Waals surface area (Å²) in [5.41, 5.74) is 1.87. The van der Waals surface area contributed by atoms with Gasteiger partial charge in [-0.15, -0.1) is 22.7 Å². The van der Waals surface area contributed by atoms with Crippen LogP contribution in [0, 0.1) is 11.3 Å². The Kier molecular flexibility index (Phi) is 3.86. The van der Waals surface area contributed by atoms with Gasteiger partial charge in [0.25, 0.3) is 5.91 Å². The average Bonchev–Trinajstić information content (AvgIpc) is 3.00. The third-order valence-corrected chi connectivity index (χ3v) is 5.55. The van der Waals surface area contributed by atoms with E-state index in [9.17, 15) is 4.79 Å². The van der Waals surface area contributed by atoms with Crippen molar-refractivity contribution in [1.82, 2.24) is 0 Å². The van der Waals surface area contributed by atoms with Crippen LogP contribution in [0.25, 0.3) is 0 Å². The molecular weight excluding hydrogens is 288 g/mol. The molecular formula is C15H14N2OS2. The predicted molar refractivity (Wildman–Crippen MR) is 82.6 cm³/mol. The van der Waals surface area contributed by atoms with Crippen molar-refractivity contribution < 1.29 is 4.79 Å². The monoisotopic (exact) mass is 302 g/mol. The van der Waals surface area contributed by atoms with Gasteiger partial charge in [-0.3, -0.25) is 4.79 Å². The molecule has 0 aromatic carbocycles. The number of carbonyl (C=O) groups is 1. The number of nitrogens with one attached hydrogen (secondary N) is 1. The summed E-state index contributed by atoms with van der Waals surface area (Å²) >= 11 is 2.99. The number of carbonyl (C=O) groups excluding carboxylic acids is 1. The minimum absolute atomic E-state index is 0.0953. The maximum Gasteiger partial charge on any atom is 0.266 e. The van der Waals surface area contributed by atoms with Crippen LogP contribution in [-0.2, 0) is 12.8 Å². The number of thiophene rings is 2. The SMILES string of the molecule is N#Cc1ccsc1NC(=O)c1cc2c(s1)CCCCC2. The number of aryl methyl sites for hydroxylation is 2. The van der Waals surface area contributed by atoms with E-state index < -0.39 is 0 Å². The first kappa shape index (κ1) is 13.3. The van der Waals surface area contributed by atoms with E-state index in [0.717, 1.165) is 17.7 Å². The predicted octanol–water partition coefficient (Wildman–Crippen LogP) is 4.20. The van der Waals surface area contributed by atoms with Crippen molar-refractivity contribution in [2.45, 2.75) is 32.1 Å². The molecule has 3 rings (SSSR count). The molecule has 5 heteroatoms. The molecule has 0 unspecified atom stereocenters. The molecule has 1 N–H and O–H groups in total. The summed E-state index contributed by atoms with van der Waals surface area (Å²) in [7, 11) is 0. The lowest BCUT2D eigenvalue weighted by molar-refractivity contribution is 0.103. The van der Waals surface area contributed by atoms with Crippen molar-refractivity contribution in [2.75, 3.05) is 5.32 Å². The Morgan fingerprint density at radius 3 is 3.00 bits per heavy atom. The smallest absolute Gasteiger partial charge is 0.266 e. The molecule has 0 bridgehead atoms. The Labute approximate surface area is 125 Å². The van der Waals surface area contributed by atoms with Crippen LogP contribution >= 0.6 is 22.7 Å². The molecule has 0 spiro atoms. The minimum Gasteiger partial charge on any atom is -0.312 e. The Morgan fingerprint density at radius 1 is 1.30 bits per heavy atom. The Bertz CT molecular complexity index is 655. The van der Waals surface area contributed by atoms with E-state index in [1.165, 1.54) is 41.0 Å². The molecule has 2 aromatic heterocycles. The second-order valence-electron chi connectivity index (χ2n) is 4.85. The lowest BCUT2D eigenvalue weighted by Gasteiger charge is -2.00. The minimum atomic E-state index is -0.0953. The zero-order chi connectivity index (χ0) is 13.9. The highest BCUT2D eigenvalue weighted by Crippen LogP contribution is 2.30. The van der Waals surface area contributed by atoms with Crippen molar-refractivity contribution in [3.8, 4) is 6.07 Å². The summed E-state index contributed by atoms with van der Waals surface area (Å²) in [6.45, 7) is 0. The van der Waals surface area contributed by atoms with Crippen molar-refractivity contribution in [2.24, 2.45) is 0 Å². The summed E-state index contributed by atoms with van der Waals surface area (Å²) in [5.74, 6) is -0.0953. The average molecular weight is 302 g/mol. The zero-order valence-electron chi connectivity index (χ0n) is 10.9. The number of amides is 1. The number of fused-ring (bicyclic) bond motifs is 1. The number of nitriles is 1. The van der Waals surface area contributed by atoms with Gasteiger partial charge in [0.15, 0.2) is 0 Å². The highest BCUT2D eigenvalue weighted by molar-refractivity contribution is 7.15. The zero-order valence-corrected chi connectivity index (χ0v) is 12.6. The largest absolute Gasteiger partial charge is 0.312 e. The summed E-state index contributed by atoms with van der Waals surface area (Å²) in [5, 5.41) is 14.3. The molecule has 1 aliphatic carbocycles. The van der Waals surface area contributed by atoms with Crippen LogP contribution in [0.3, 0.4) is 0 Å². The fourth-order valence-corrected chi connectivity index (χ4v) is 4.32. The van der Waals surface area contributed by atoms with Gasteiger partial charge in [-0.25, -0.2) is 0 Å². The van der Waals surface area contributed by atoms with Gasteiger partial charge in [0, 0.05) is 4.88 Å². The lowest BCUT2D eigenvalue weighted by atomic mass is 10.1. The second-order valence-corrected chi connectivity index (χ2v) is 6.90. The third kappa shape index (κ3) is 2.62. The first-order valence-corrected chi connectivity index (χ1v) is 8.38. The second kappa shape index (κ2) is 5.78. The molecule has 0 aliphatic heterocycles. The molecule has 3 nitrogen and oxygen atoms in total. The van der Waals surface area contributed by atoms with Gasteiger partial charge in [-0.2, -0.15) is 5.26 Å². The highest BCUT2D eigenvalue weighted by atomic mass is 32.1. The Morgan fingerprint density at radius 2 is 2.15 bits per heavy atom. The van der Waals surface area contributed by atoms with E-state index in [2.05, 4.69) is 11.4 Å². The molecule has 102 valence electrons. The van der Waals surface area contributed by atoms with Crippen molar-refractivity contribution >= 4 is 33.6 Å². The molecule has 1 aliphatic rings. The van der Waals surface area contributed by atoms with Crippen LogP contribution in [0.4, 0.5) is 5.00 Å². The van der Waals surface area contributed by atoms with E-state index in [1.54, 1.807) is 17.4 Å². The fraction of sp³-hybridized carbons (Fsp3) is 0.333. The highest BCUT2D eigenvalue weighted by Gasteiger charge is 2.17. The van der Waals surface area contributed by atoms with Crippen LogP contribution < -0.4 is 5.32 Å². The number of nitrogens with zero attached hydrogens (tertiary/aromatic N) is 1. The van der Waals surface area contributed by atoms with Gasteiger partial charge in [0.2, 0.25) is 0 Å². The standard InChI is InChI=1S/C15H14N2OS2/c16-9-11-6-7-19-15(11)17-14(18)13-8-10-4-2-1-3-5-12(10)20-13/h6-8H,1-5H2,(H,17,18). The number of anilines is 1. The molecule has 1 amide bonds. The summed E-state index contributed by atoms with van der Waals surface area (Å²) in [4.78, 5) is 14.4. The maximum atomic E-state index is 12.3. The van der Waals surface area contributed by atoms with Gasteiger partial charge >= 0.3 is 0 Å². The van der Waals surface area contributed by atoms with E-state index in [-0.39, 0.29) is 5.91 Å². The summed E-state index contributed by atoms with van der Waals surface area (Å²) in [6, 6.07) is 5.84. The molecule has 0 radical (unpaired) electrons. The molecule has 0 atom stereocenters.